The molecule has 0 saturated heterocycles. The minimum Gasteiger partial charge on any atom is -0.394 e. The van der Waals surface area contributed by atoms with Crippen molar-refractivity contribution in [3.63, 3.8) is 0 Å². The molecule has 0 aliphatic heterocycles. The Bertz CT molecular complexity index is 580. The van der Waals surface area contributed by atoms with Crippen molar-refractivity contribution in [2.75, 3.05) is 12.4 Å². The van der Waals surface area contributed by atoms with Gasteiger partial charge >= 0.3 is 6.03 Å². The first-order valence-electron chi connectivity index (χ1n) is 7.34. The van der Waals surface area contributed by atoms with Crippen molar-refractivity contribution in [3.05, 3.63) is 29.8 Å². The Balaban J connectivity index is 2.70. The van der Waals surface area contributed by atoms with Gasteiger partial charge in [-0.25, -0.2) is 13.2 Å². The lowest BCUT2D eigenvalue weighted by Gasteiger charge is -2.19. The smallest absolute Gasteiger partial charge is 0.315 e. The molecule has 1 aromatic rings. The molecular formula is C15H24N2O4S. The van der Waals surface area contributed by atoms with Crippen LogP contribution < -0.4 is 10.6 Å². The number of nitrogens with one attached hydrogen (secondary N) is 2. The van der Waals surface area contributed by atoms with Crippen LogP contribution in [0.4, 0.5) is 4.79 Å². The molecule has 124 valence electrons. The molecule has 3 N–H and O–H groups in total. The fourth-order valence-electron chi connectivity index (χ4n) is 1.91. The lowest BCUT2D eigenvalue weighted by atomic mass is 10.1. The third kappa shape index (κ3) is 4.99. The van der Waals surface area contributed by atoms with Crippen molar-refractivity contribution >= 4 is 15.9 Å². The number of hydrogen-bond donors (Lipinski definition) is 3. The number of sulfone groups is 1. The molecule has 0 aliphatic carbocycles. The maximum Gasteiger partial charge on any atom is 0.315 e. The second-order valence-corrected chi connectivity index (χ2v) is 7.38. The lowest BCUT2D eigenvalue weighted by molar-refractivity contribution is 0.212. The van der Waals surface area contributed by atoms with E-state index in [0.717, 1.165) is 5.56 Å². The minimum absolute atomic E-state index is 0.0577. The molecule has 0 heterocycles. The zero-order valence-electron chi connectivity index (χ0n) is 13.2. The van der Waals surface area contributed by atoms with Crippen molar-refractivity contribution in [2.45, 2.75) is 44.2 Å². The van der Waals surface area contributed by atoms with Gasteiger partial charge in [-0.2, -0.15) is 0 Å². The number of rotatable bonds is 7. The van der Waals surface area contributed by atoms with E-state index < -0.39 is 9.84 Å². The molecule has 1 unspecified atom stereocenters. The normalized spacial score (nSPS) is 14.2. The quantitative estimate of drug-likeness (QED) is 0.708. The van der Waals surface area contributed by atoms with Crippen LogP contribution in [-0.2, 0) is 9.84 Å². The predicted molar refractivity (Wildman–Crippen MR) is 85.4 cm³/mol. The number of amides is 2. The van der Waals surface area contributed by atoms with E-state index in [-0.39, 0.29) is 35.4 Å². The van der Waals surface area contributed by atoms with Gasteiger partial charge in [-0.15, -0.1) is 0 Å². The highest BCUT2D eigenvalue weighted by Crippen LogP contribution is 2.17. The van der Waals surface area contributed by atoms with E-state index in [1.807, 2.05) is 13.8 Å². The Morgan fingerprint density at radius 2 is 1.77 bits per heavy atom. The predicted octanol–water partition coefficient (Wildman–Crippen LogP) is 1.61. The summed E-state index contributed by atoms with van der Waals surface area (Å²) < 4.78 is 23.5. The molecule has 1 aromatic carbocycles. The van der Waals surface area contributed by atoms with E-state index in [9.17, 15) is 13.2 Å². The summed E-state index contributed by atoms with van der Waals surface area (Å²) in [7, 11) is -3.21. The van der Waals surface area contributed by atoms with Crippen molar-refractivity contribution in [1.29, 1.82) is 0 Å². The van der Waals surface area contributed by atoms with Crippen molar-refractivity contribution in [1.82, 2.24) is 10.6 Å². The average Bonchev–Trinajstić information content (AvgIpc) is 2.52. The molecule has 0 fully saturated rings. The minimum atomic E-state index is -3.21. The first kappa shape index (κ1) is 18.4. The molecular weight excluding hydrogens is 304 g/mol. The van der Waals surface area contributed by atoms with Gasteiger partial charge in [0.25, 0.3) is 0 Å². The van der Waals surface area contributed by atoms with Crippen LogP contribution in [0.15, 0.2) is 29.2 Å². The topological polar surface area (TPSA) is 95.5 Å². The van der Waals surface area contributed by atoms with E-state index in [1.165, 1.54) is 0 Å². The summed E-state index contributed by atoms with van der Waals surface area (Å²) in [5.74, 6) is 0.0577. The highest BCUT2D eigenvalue weighted by atomic mass is 32.2. The summed E-state index contributed by atoms with van der Waals surface area (Å²) in [5.41, 5.74) is 0.808. The van der Waals surface area contributed by atoms with E-state index in [1.54, 1.807) is 31.2 Å². The van der Waals surface area contributed by atoms with E-state index >= 15 is 0 Å². The van der Waals surface area contributed by atoms with Crippen molar-refractivity contribution in [3.8, 4) is 0 Å². The Hall–Kier alpha value is -1.60. The number of aliphatic hydroxyl groups is 1. The molecule has 7 heteroatoms. The summed E-state index contributed by atoms with van der Waals surface area (Å²) in [5, 5.41) is 14.5. The van der Waals surface area contributed by atoms with Gasteiger partial charge in [-0.3, -0.25) is 0 Å². The molecule has 0 saturated carbocycles. The van der Waals surface area contributed by atoms with Crippen LogP contribution in [0.25, 0.3) is 0 Å². The zero-order valence-corrected chi connectivity index (χ0v) is 14.0. The van der Waals surface area contributed by atoms with Crippen LogP contribution in [0.2, 0.25) is 0 Å². The average molecular weight is 328 g/mol. The molecule has 0 radical (unpaired) electrons. The number of benzene rings is 1. The summed E-state index contributed by atoms with van der Waals surface area (Å²) in [4.78, 5) is 12.1. The van der Waals surface area contributed by atoms with E-state index in [4.69, 9.17) is 5.11 Å². The third-order valence-electron chi connectivity index (χ3n) is 3.52. The highest BCUT2D eigenvalue weighted by Gasteiger charge is 2.15. The van der Waals surface area contributed by atoms with Gasteiger partial charge in [0.2, 0.25) is 0 Å². The van der Waals surface area contributed by atoms with Gasteiger partial charge in [-0.1, -0.05) is 26.0 Å². The van der Waals surface area contributed by atoms with Gasteiger partial charge in [0.1, 0.15) is 0 Å². The van der Waals surface area contributed by atoms with Crippen LogP contribution in [0.1, 0.15) is 38.8 Å². The maximum atomic E-state index is 11.8. The Morgan fingerprint density at radius 1 is 1.18 bits per heavy atom. The van der Waals surface area contributed by atoms with Crippen molar-refractivity contribution in [2.24, 2.45) is 0 Å². The number of aliphatic hydroxyl groups excluding tert-OH is 1. The number of hydrogen-bond acceptors (Lipinski definition) is 4. The van der Waals surface area contributed by atoms with Gasteiger partial charge < -0.3 is 15.7 Å². The molecule has 6 nitrogen and oxygen atoms in total. The van der Waals surface area contributed by atoms with Crippen LogP contribution in [0.3, 0.4) is 0 Å². The molecule has 0 aliphatic rings. The first-order valence-corrected chi connectivity index (χ1v) is 8.99. The summed E-state index contributed by atoms with van der Waals surface area (Å²) in [6.45, 7) is 5.17. The van der Waals surface area contributed by atoms with Gasteiger partial charge in [0, 0.05) is 0 Å². The Morgan fingerprint density at radius 3 is 2.23 bits per heavy atom. The standard InChI is InChI=1S/C15H24N2O4S/c1-4-13(10-18)17-15(19)16-11(3)12-6-8-14(9-7-12)22(20,21)5-2/h6-9,11,13,18H,4-5,10H2,1-3H3,(H2,16,17,19)/t11?,13-/m0/s1. The SMILES string of the molecule is CC[C@@H](CO)NC(=O)NC(C)c1ccc(S(=O)(=O)CC)cc1. The monoisotopic (exact) mass is 328 g/mol. The molecule has 2 atom stereocenters. The molecule has 0 spiro atoms. The second-order valence-electron chi connectivity index (χ2n) is 5.10. The Labute approximate surface area is 131 Å². The first-order chi connectivity index (χ1) is 10.3. The molecule has 1 rings (SSSR count). The number of urea groups is 1. The fourth-order valence-corrected chi connectivity index (χ4v) is 2.80. The number of carbonyl (C=O) groups excluding carboxylic acids is 1. The van der Waals surface area contributed by atoms with Gasteiger partial charge in [0.15, 0.2) is 9.84 Å². The van der Waals surface area contributed by atoms with Crippen LogP contribution >= 0.6 is 0 Å². The van der Waals surface area contributed by atoms with Gasteiger partial charge in [-0.05, 0) is 31.0 Å². The molecule has 0 aromatic heterocycles. The van der Waals surface area contributed by atoms with Gasteiger partial charge in [0.05, 0.1) is 29.3 Å². The molecule has 0 bridgehead atoms. The Kier molecular flexibility index (Phi) is 6.83. The van der Waals surface area contributed by atoms with Crippen LogP contribution in [0.5, 0.6) is 0 Å². The lowest BCUT2D eigenvalue weighted by Crippen LogP contribution is -2.44. The largest absolute Gasteiger partial charge is 0.394 e. The fraction of sp³-hybridized carbons (Fsp3) is 0.533. The second kappa shape index (κ2) is 8.14. The highest BCUT2D eigenvalue weighted by molar-refractivity contribution is 7.91. The zero-order chi connectivity index (χ0) is 16.8. The summed E-state index contributed by atoms with van der Waals surface area (Å²) >= 11 is 0. The summed E-state index contributed by atoms with van der Waals surface area (Å²) in [6.07, 6.45) is 0.641. The number of carbonyl (C=O) groups is 1. The summed E-state index contributed by atoms with van der Waals surface area (Å²) in [6, 6.07) is 5.57. The van der Waals surface area contributed by atoms with E-state index in [2.05, 4.69) is 10.6 Å². The third-order valence-corrected chi connectivity index (χ3v) is 5.27. The molecule has 2 amide bonds. The molecule has 22 heavy (non-hydrogen) atoms. The van der Waals surface area contributed by atoms with E-state index in [0.29, 0.717) is 6.42 Å². The van der Waals surface area contributed by atoms with Crippen LogP contribution in [0, 0.1) is 0 Å². The van der Waals surface area contributed by atoms with Crippen molar-refractivity contribution < 1.29 is 18.3 Å². The maximum absolute atomic E-state index is 11.8. The van der Waals surface area contributed by atoms with Crippen LogP contribution in [-0.4, -0.2) is 38.0 Å².